The molecule has 0 aromatic heterocycles. The molecule has 0 amide bonds. The van der Waals surface area contributed by atoms with Crippen LogP contribution in [0.3, 0.4) is 0 Å². The number of hydrogen-bond acceptors (Lipinski definition) is 6. The van der Waals surface area contributed by atoms with Crippen LogP contribution < -0.4 is 0 Å². The van der Waals surface area contributed by atoms with Crippen LogP contribution >= 0.6 is 0 Å². The van der Waals surface area contributed by atoms with Crippen LogP contribution in [0.15, 0.2) is 0 Å². The first-order valence-corrected chi connectivity index (χ1v) is 6.24. The quantitative estimate of drug-likeness (QED) is 0.331. The molecule has 0 heterocycles. The first kappa shape index (κ1) is 20.8. The second kappa shape index (κ2) is 11.4. The molecule has 0 fully saturated rings. The van der Waals surface area contributed by atoms with Gasteiger partial charge in [0.2, 0.25) is 0 Å². The number of carboxylic acids is 1. The molecule has 7 heteroatoms. The Morgan fingerprint density at radius 3 is 1.75 bits per heavy atom. The van der Waals surface area contributed by atoms with Gasteiger partial charge in [-0.2, -0.15) is 0 Å². The zero-order valence-corrected chi connectivity index (χ0v) is 12.1. The standard InChI is InChI=1S/C17H12O7/c1-2-3-4-5-6-7-8-9-10-11-12(18)13(19)14(20)15(21)16(22)17(23)24/h1,13-16,19-22H,11H2,(H,23,24)/t13-,14+,15-,16-/m1/s1. The van der Waals surface area contributed by atoms with Crippen LogP contribution in [0.2, 0.25) is 0 Å². The van der Waals surface area contributed by atoms with Crippen molar-refractivity contribution in [2.24, 2.45) is 0 Å². The predicted octanol–water partition coefficient (Wildman–Crippen LogP) is -2.88. The molecule has 122 valence electrons. The highest BCUT2D eigenvalue weighted by Crippen LogP contribution is 2.07. The van der Waals surface area contributed by atoms with E-state index < -0.39 is 42.6 Å². The lowest BCUT2D eigenvalue weighted by Gasteiger charge is -2.23. The van der Waals surface area contributed by atoms with Crippen molar-refractivity contribution in [2.45, 2.75) is 30.8 Å². The zero-order chi connectivity index (χ0) is 18.5. The van der Waals surface area contributed by atoms with E-state index >= 15 is 0 Å². The molecule has 0 aliphatic rings. The minimum absolute atomic E-state index is 0.521. The second-order valence-electron chi connectivity index (χ2n) is 4.05. The Labute approximate surface area is 138 Å². The Kier molecular flexibility index (Phi) is 9.84. The summed E-state index contributed by atoms with van der Waals surface area (Å²) in [4.78, 5) is 22.0. The third kappa shape index (κ3) is 7.69. The molecule has 0 bridgehead atoms. The summed E-state index contributed by atoms with van der Waals surface area (Å²) in [6.07, 6.45) is -4.56. The van der Waals surface area contributed by atoms with Gasteiger partial charge in [-0.25, -0.2) is 4.79 Å². The van der Waals surface area contributed by atoms with Gasteiger partial charge in [0.15, 0.2) is 11.9 Å². The fraction of sp³-hybridized carbons (Fsp3) is 0.294. The van der Waals surface area contributed by atoms with Gasteiger partial charge in [-0.05, 0) is 47.4 Å². The van der Waals surface area contributed by atoms with Crippen LogP contribution in [-0.4, -0.2) is 61.7 Å². The van der Waals surface area contributed by atoms with Crippen molar-refractivity contribution in [2.75, 3.05) is 0 Å². The van der Waals surface area contributed by atoms with Gasteiger partial charge in [-0.1, -0.05) is 5.92 Å². The van der Waals surface area contributed by atoms with Crippen molar-refractivity contribution in [1.29, 1.82) is 0 Å². The molecule has 24 heavy (non-hydrogen) atoms. The molecule has 0 unspecified atom stereocenters. The number of carbonyl (C=O) groups is 2. The van der Waals surface area contributed by atoms with E-state index in [4.69, 9.17) is 16.6 Å². The third-order valence-electron chi connectivity index (χ3n) is 2.38. The topological polar surface area (TPSA) is 135 Å². The predicted molar refractivity (Wildman–Crippen MR) is 81.2 cm³/mol. The van der Waals surface area contributed by atoms with Crippen molar-refractivity contribution in [3.63, 3.8) is 0 Å². The van der Waals surface area contributed by atoms with Gasteiger partial charge in [0.25, 0.3) is 0 Å². The lowest BCUT2D eigenvalue weighted by molar-refractivity contribution is -0.165. The first-order valence-electron chi connectivity index (χ1n) is 6.24. The Morgan fingerprint density at radius 2 is 1.25 bits per heavy atom. The number of Topliss-reactive ketones (excluding diaryl/α,β-unsaturated/α-hetero) is 1. The summed E-state index contributed by atoms with van der Waals surface area (Å²) in [5.74, 6) is 17.5. The van der Waals surface area contributed by atoms with E-state index in [9.17, 15) is 24.9 Å². The van der Waals surface area contributed by atoms with Crippen molar-refractivity contribution in [3.8, 4) is 59.7 Å². The van der Waals surface area contributed by atoms with Gasteiger partial charge in [0, 0.05) is 0 Å². The molecule has 0 aliphatic heterocycles. The summed E-state index contributed by atoms with van der Waals surface area (Å²) in [5, 5.41) is 45.8. The van der Waals surface area contributed by atoms with Crippen LogP contribution in [-0.2, 0) is 9.59 Å². The number of rotatable bonds is 6. The largest absolute Gasteiger partial charge is 0.479 e. The van der Waals surface area contributed by atoms with Gasteiger partial charge in [0.05, 0.1) is 6.42 Å². The number of aliphatic hydroxyl groups is 4. The summed E-state index contributed by atoms with van der Waals surface area (Å²) in [6.45, 7) is 0. The van der Waals surface area contributed by atoms with Crippen LogP contribution in [0, 0.1) is 59.7 Å². The molecule has 0 aromatic carbocycles. The fourth-order valence-corrected chi connectivity index (χ4v) is 1.18. The summed E-state index contributed by atoms with van der Waals surface area (Å²) < 4.78 is 0. The average molecular weight is 328 g/mol. The fourth-order valence-electron chi connectivity index (χ4n) is 1.18. The number of carboxylic acid groups (broad SMARTS) is 1. The van der Waals surface area contributed by atoms with Crippen molar-refractivity contribution in [1.82, 2.24) is 0 Å². The lowest BCUT2D eigenvalue weighted by atomic mass is 9.99. The Balaban J connectivity index is 4.61. The highest BCUT2D eigenvalue weighted by atomic mass is 16.4. The summed E-state index contributed by atoms with van der Waals surface area (Å²) in [7, 11) is 0. The van der Waals surface area contributed by atoms with Crippen molar-refractivity contribution >= 4 is 11.8 Å². The van der Waals surface area contributed by atoms with Crippen molar-refractivity contribution < 1.29 is 35.1 Å². The molecule has 0 aromatic rings. The first-order chi connectivity index (χ1) is 11.3. The smallest absolute Gasteiger partial charge is 0.335 e. The van der Waals surface area contributed by atoms with Gasteiger partial charge in [-0.3, -0.25) is 4.79 Å². The van der Waals surface area contributed by atoms with E-state index in [1.807, 2.05) is 5.92 Å². The minimum atomic E-state index is -2.35. The highest BCUT2D eigenvalue weighted by molar-refractivity contribution is 5.86. The molecule has 0 saturated heterocycles. The van der Waals surface area contributed by atoms with E-state index in [1.165, 1.54) is 0 Å². The third-order valence-corrected chi connectivity index (χ3v) is 2.38. The zero-order valence-electron chi connectivity index (χ0n) is 12.1. The molecular formula is C17H12O7. The Hall–Kier alpha value is -3.22. The van der Waals surface area contributed by atoms with E-state index in [0.29, 0.717) is 0 Å². The number of carbonyl (C=O) groups excluding carboxylic acids is 1. The van der Waals surface area contributed by atoms with Crippen LogP contribution in [0.1, 0.15) is 6.42 Å². The lowest BCUT2D eigenvalue weighted by Crippen LogP contribution is -2.49. The van der Waals surface area contributed by atoms with E-state index in [1.54, 1.807) is 0 Å². The minimum Gasteiger partial charge on any atom is -0.479 e. The molecule has 4 atom stereocenters. The molecule has 0 saturated carbocycles. The van der Waals surface area contributed by atoms with Gasteiger partial charge < -0.3 is 25.5 Å². The Morgan fingerprint density at radius 1 is 0.792 bits per heavy atom. The summed E-state index contributed by atoms with van der Waals surface area (Å²) in [5.41, 5.74) is 0. The molecule has 5 N–H and O–H groups in total. The van der Waals surface area contributed by atoms with Crippen LogP contribution in [0.5, 0.6) is 0 Å². The number of aliphatic hydroxyl groups excluding tert-OH is 4. The second-order valence-corrected chi connectivity index (χ2v) is 4.05. The van der Waals surface area contributed by atoms with Crippen LogP contribution in [0.25, 0.3) is 0 Å². The normalized spacial score (nSPS) is 13.3. The molecule has 0 rings (SSSR count). The SMILES string of the molecule is C#CC#CC#CC#CC#CCC(=O)[C@@H](O)[C@H](O)[C@@H](O)[C@@H](O)C(=O)O. The van der Waals surface area contributed by atoms with Crippen molar-refractivity contribution in [3.05, 3.63) is 0 Å². The molecule has 0 radical (unpaired) electrons. The molecular weight excluding hydrogens is 316 g/mol. The van der Waals surface area contributed by atoms with Gasteiger partial charge in [0.1, 0.15) is 18.3 Å². The highest BCUT2D eigenvalue weighted by Gasteiger charge is 2.36. The number of aliphatic carboxylic acids is 1. The number of terminal acetylenes is 1. The van der Waals surface area contributed by atoms with Gasteiger partial charge in [-0.15, -0.1) is 6.42 Å². The van der Waals surface area contributed by atoms with E-state index in [2.05, 4.69) is 47.4 Å². The molecule has 0 spiro atoms. The maximum Gasteiger partial charge on any atom is 0.335 e. The van der Waals surface area contributed by atoms with E-state index in [-0.39, 0.29) is 0 Å². The maximum atomic E-state index is 11.5. The maximum absolute atomic E-state index is 11.5. The summed E-state index contributed by atoms with van der Waals surface area (Å²) >= 11 is 0. The van der Waals surface area contributed by atoms with Crippen LogP contribution in [0.4, 0.5) is 0 Å². The molecule has 0 aliphatic carbocycles. The Bertz CT molecular complexity index is 759. The molecule has 7 nitrogen and oxygen atoms in total. The van der Waals surface area contributed by atoms with Gasteiger partial charge >= 0.3 is 5.97 Å². The van der Waals surface area contributed by atoms with E-state index in [0.717, 1.165) is 0 Å². The number of ketones is 1. The monoisotopic (exact) mass is 328 g/mol. The average Bonchev–Trinajstić information content (AvgIpc) is 2.57. The summed E-state index contributed by atoms with van der Waals surface area (Å²) in [6, 6.07) is 0. The number of hydrogen-bond donors (Lipinski definition) is 5.